The van der Waals surface area contributed by atoms with E-state index in [1.807, 2.05) is 12.1 Å². The van der Waals surface area contributed by atoms with Crippen LogP contribution in [-0.4, -0.2) is 7.11 Å². The second-order valence-corrected chi connectivity index (χ2v) is 5.98. The van der Waals surface area contributed by atoms with E-state index in [1.54, 1.807) is 7.11 Å². The lowest BCUT2D eigenvalue weighted by Crippen LogP contribution is -2.37. The first-order chi connectivity index (χ1) is 10.2. The average molecular weight is 343 g/mol. The van der Waals surface area contributed by atoms with Crippen LogP contribution in [0.4, 0.5) is 0 Å². The molecule has 0 spiro atoms. The van der Waals surface area contributed by atoms with Crippen molar-refractivity contribution in [2.24, 2.45) is 0 Å². The molecule has 2 nitrogen and oxygen atoms in total. The molecule has 3 rings (SSSR count). The highest BCUT2D eigenvalue weighted by Crippen LogP contribution is 2.22. The molecular weight excluding hydrogens is 326 g/mol. The molecule has 2 aromatic carbocycles. The predicted molar refractivity (Wildman–Crippen MR) is 88.7 cm³/mol. The molecule has 0 aliphatic carbocycles. The van der Waals surface area contributed by atoms with E-state index in [-0.39, 0.29) is 0 Å². The zero-order valence-corrected chi connectivity index (χ0v) is 13.7. The molecule has 0 saturated carbocycles. The Morgan fingerprint density at radius 1 is 1.05 bits per heavy atom. The molecule has 0 aliphatic rings. The maximum atomic E-state index is 5.32. The topological polar surface area (TPSA) is 13.1 Å². The van der Waals surface area contributed by atoms with Gasteiger partial charge in [0.05, 0.1) is 7.11 Å². The fourth-order valence-electron chi connectivity index (χ4n) is 2.49. The van der Waals surface area contributed by atoms with Gasteiger partial charge in [-0.2, -0.15) is 4.57 Å². The third kappa shape index (κ3) is 2.93. The van der Waals surface area contributed by atoms with Crippen LogP contribution in [0.25, 0.3) is 10.8 Å². The third-order valence-electron chi connectivity index (χ3n) is 3.70. The molecule has 0 amide bonds. The SMILES string of the molecule is COc1ccc(Br)c(C[n+]2cc3ccccc3cc2C)c1. The van der Waals surface area contributed by atoms with E-state index in [4.69, 9.17) is 4.74 Å². The van der Waals surface area contributed by atoms with Crippen molar-refractivity contribution in [1.29, 1.82) is 0 Å². The van der Waals surface area contributed by atoms with Crippen molar-refractivity contribution in [3.63, 3.8) is 0 Å². The first-order valence-corrected chi connectivity index (χ1v) is 7.68. The number of rotatable bonds is 3. The molecule has 0 unspecified atom stereocenters. The molecule has 0 bridgehead atoms. The Hall–Kier alpha value is -1.87. The Bertz CT molecular complexity index is 798. The van der Waals surface area contributed by atoms with E-state index in [9.17, 15) is 0 Å². The van der Waals surface area contributed by atoms with Crippen LogP contribution >= 0.6 is 15.9 Å². The number of hydrogen-bond donors (Lipinski definition) is 0. The van der Waals surface area contributed by atoms with Crippen LogP contribution in [0.1, 0.15) is 11.3 Å². The molecule has 0 atom stereocenters. The van der Waals surface area contributed by atoms with E-state index < -0.39 is 0 Å². The molecular formula is C18H17BrNO+. The Morgan fingerprint density at radius 3 is 2.57 bits per heavy atom. The summed E-state index contributed by atoms with van der Waals surface area (Å²) in [5.41, 5.74) is 2.45. The number of aromatic nitrogens is 1. The minimum Gasteiger partial charge on any atom is -0.497 e. The molecule has 106 valence electrons. The molecule has 21 heavy (non-hydrogen) atoms. The zero-order valence-electron chi connectivity index (χ0n) is 12.1. The van der Waals surface area contributed by atoms with Gasteiger partial charge in [0.25, 0.3) is 0 Å². The monoisotopic (exact) mass is 342 g/mol. The van der Waals surface area contributed by atoms with Gasteiger partial charge < -0.3 is 4.74 Å². The molecule has 1 aromatic heterocycles. The summed E-state index contributed by atoms with van der Waals surface area (Å²) in [5, 5.41) is 2.53. The van der Waals surface area contributed by atoms with E-state index in [0.717, 1.165) is 16.8 Å². The summed E-state index contributed by atoms with van der Waals surface area (Å²) >= 11 is 3.62. The van der Waals surface area contributed by atoms with Gasteiger partial charge in [0.15, 0.2) is 18.4 Å². The van der Waals surface area contributed by atoms with Gasteiger partial charge in [0, 0.05) is 28.4 Å². The summed E-state index contributed by atoms with van der Waals surface area (Å²) in [7, 11) is 1.70. The smallest absolute Gasteiger partial charge is 0.179 e. The van der Waals surface area contributed by atoms with Crippen molar-refractivity contribution in [1.82, 2.24) is 0 Å². The lowest BCUT2D eigenvalue weighted by Gasteiger charge is -2.07. The number of aryl methyl sites for hydroxylation is 1. The fourth-order valence-corrected chi connectivity index (χ4v) is 2.86. The van der Waals surface area contributed by atoms with Gasteiger partial charge >= 0.3 is 0 Å². The van der Waals surface area contributed by atoms with Crippen molar-refractivity contribution in [2.75, 3.05) is 7.11 Å². The third-order valence-corrected chi connectivity index (χ3v) is 4.48. The zero-order chi connectivity index (χ0) is 14.8. The van der Waals surface area contributed by atoms with Gasteiger partial charge in [-0.05, 0) is 29.7 Å². The maximum Gasteiger partial charge on any atom is 0.179 e. The number of halogens is 1. The first kappa shape index (κ1) is 14.1. The normalized spacial score (nSPS) is 10.8. The molecule has 3 heteroatoms. The van der Waals surface area contributed by atoms with E-state index in [1.165, 1.54) is 22.0 Å². The van der Waals surface area contributed by atoms with Gasteiger partial charge in [0.2, 0.25) is 0 Å². The minimum absolute atomic E-state index is 0.814. The first-order valence-electron chi connectivity index (χ1n) is 6.88. The highest BCUT2D eigenvalue weighted by molar-refractivity contribution is 9.10. The number of nitrogens with zero attached hydrogens (tertiary/aromatic N) is 1. The lowest BCUT2D eigenvalue weighted by atomic mass is 10.1. The Balaban J connectivity index is 2.03. The van der Waals surface area contributed by atoms with Gasteiger partial charge in [-0.1, -0.05) is 34.1 Å². The Morgan fingerprint density at radius 2 is 1.81 bits per heavy atom. The summed E-state index contributed by atoms with van der Waals surface area (Å²) in [6, 6.07) is 16.7. The van der Waals surface area contributed by atoms with Gasteiger partial charge in [0.1, 0.15) is 5.75 Å². The minimum atomic E-state index is 0.814. The van der Waals surface area contributed by atoms with E-state index in [0.29, 0.717) is 0 Å². The second kappa shape index (κ2) is 5.86. The van der Waals surface area contributed by atoms with Crippen molar-refractivity contribution < 1.29 is 9.30 Å². The number of hydrogen-bond acceptors (Lipinski definition) is 1. The number of pyridine rings is 1. The quantitative estimate of drug-likeness (QED) is 0.648. The van der Waals surface area contributed by atoms with Crippen molar-refractivity contribution in [3.8, 4) is 5.75 Å². The number of ether oxygens (including phenoxy) is 1. The number of fused-ring (bicyclic) bond motifs is 1. The van der Waals surface area contributed by atoms with Gasteiger partial charge in [-0.15, -0.1) is 0 Å². The molecule has 3 aromatic rings. The van der Waals surface area contributed by atoms with Crippen molar-refractivity contribution in [2.45, 2.75) is 13.5 Å². The van der Waals surface area contributed by atoms with Crippen LogP contribution < -0.4 is 9.30 Å². The van der Waals surface area contributed by atoms with Crippen molar-refractivity contribution >= 4 is 26.7 Å². The Kier molecular flexibility index (Phi) is 3.93. The van der Waals surface area contributed by atoms with E-state index >= 15 is 0 Å². The van der Waals surface area contributed by atoms with Crippen LogP contribution in [0, 0.1) is 6.92 Å². The largest absolute Gasteiger partial charge is 0.497 e. The highest BCUT2D eigenvalue weighted by atomic mass is 79.9. The molecule has 0 saturated heterocycles. The fraction of sp³-hybridized carbons (Fsp3) is 0.167. The molecule has 0 aliphatic heterocycles. The summed E-state index contributed by atoms with van der Waals surface area (Å²) in [6.07, 6.45) is 2.20. The molecule has 0 N–H and O–H groups in total. The van der Waals surface area contributed by atoms with Crippen LogP contribution in [0.3, 0.4) is 0 Å². The maximum absolute atomic E-state index is 5.32. The van der Waals surface area contributed by atoms with Crippen LogP contribution in [-0.2, 0) is 6.54 Å². The van der Waals surface area contributed by atoms with Crippen LogP contribution in [0.5, 0.6) is 5.75 Å². The van der Waals surface area contributed by atoms with Crippen molar-refractivity contribution in [3.05, 3.63) is 70.5 Å². The van der Waals surface area contributed by atoms with E-state index in [2.05, 4.69) is 70.0 Å². The molecule has 1 heterocycles. The second-order valence-electron chi connectivity index (χ2n) is 5.13. The molecule has 0 radical (unpaired) electrons. The predicted octanol–water partition coefficient (Wildman–Crippen LogP) is 4.26. The van der Waals surface area contributed by atoms with Gasteiger partial charge in [-0.25, -0.2) is 0 Å². The summed E-state index contributed by atoms with van der Waals surface area (Å²) in [4.78, 5) is 0. The summed E-state index contributed by atoms with van der Waals surface area (Å²) in [5.74, 6) is 0.882. The number of methoxy groups -OCH3 is 1. The lowest BCUT2D eigenvalue weighted by molar-refractivity contribution is -0.693. The Labute approximate surface area is 133 Å². The summed E-state index contributed by atoms with van der Waals surface area (Å²) in [6.45, 7) is 2.95. The highest BCUT2D eigenvalue weighted by Gasteiger charge is 2.12. The summed E-state index contributed by atoms with van der Waals surface area (Å²) < 4.78 is 8.68. The standard InChI is InChI=1S/C18H17BrNO/c1-13-9-14-5-3-4-6-15(14)11-20(13)12-16-10-17(21-2)7-8-18(16)19/h3-11H,12H2,1-2H3/q+1. The van der Waals surface area contributed by atoms with Crippen LogP contribution in [0.15, 0.2) is 59.2 Å². The number of benzene rings is 2. The average Bonchev–Trinajstić information content (AvgIpc) is 2.50. The molecule has 0 fully saturated rings. The van der Waals surface area contributed by atoms with Gasteiger partial charge in [-0.3, -0.25) is 0 Å². The van der Waals surface area contributed by atoms with Crippen LogP contribution in [0.2, 0.25) is 0 Å².